The van der Waals surface area contributed by atoms with Crippen LogP contribution in [-0.2, 0) is 10.0 Å². The van der Waals surface area contributed by atoms with Crippen molar-refractivity contribution in [3.63, 3.8) is 0 Å². The van der Waals surface area contributed by atoms with E-state index in [1.165, 1.54) is 0 Å². The van der Waals surface area contributed by atoms with Crippen LogP contribution in [0, 0.1) is 5.41 Å². The number of hydrogen-bond donors (Lipinski definition) is 2. The first-order chi connectivity index (χ1) is 17.2. The van der Waals surface area contributed by atoms with Crippen LogP contribution in [0.4, 0.5) is 14.5 Å². The van der Waals surface area contributed by atoms with Crippen LogP contribution in [0.15, 0.2) is 29.4 Å². The molecule has 1 aliphatic carbocycles. The summed E-state index contributed by atoms with van der Waals surface area (Å²) in [6.45, 7) is 5.36. The van der Waals surface area contributed by atoms with E-state index in [1.54, 1.807) is 29.1 Å². The minimum Gasteiger partial charge on any atom is -0.369 e. The number of benzene rings is 1. The zero-order valence-corrected chi connectivity index (χ0v) is 21.0. The molecule has 5 heterocycles. The summed E-state index contributed by atoms with van der Waals surface area (Å²) in [4.78, 5) is 6.82. The number of alkyl halides is 2. The number of aromatic nitrogens is 5. The summed E-state index contributed by atoms with van der Waals surface area (Å²) >= 11 is 0.766. The molecule has 0 atom stereocenters. The van der Waals surface area contributed by atoms with Gasteiger partial charge in [0.05, 0.1) is 21.6 Å². The summed E-state index contributed by atoms with van der Waals surface area (Å²) in [5.74, 6) is 0.457. The highest BCUT2D eigenvalue weighted by atomic mass is 32.2. The fraction of sp³-hybridized carbons (Fsp3) is 0.500. The van der Waals surface area contributed by atoms with Gasteiger partial charge in [0, 0.05) is 49.5 Å². The quantitative estimate of drug-likeness (QED) is 0.392. The molecular formula is C22H24F2N8O2S2. The predicted octanol–water partition coefficient (Wildman–Crippen LogP) is 2.70. The number of fused-ring (bicyclic) bond motifs is 3. The van der Waals surface area contributed by atoms with Gasteiger partial charge in [-0.2, -0.15) is 0 Å². The summed E-state index contributed by atoms with van der Waals surface area (Å²) in [5, 5.41) is 10.8. The van der Waals surface area contributed by atoms with Crippen molar-refractivity contribution < 1.29 is 17.2 Å². The second kappa shape index (κ2) is 7.43. The minimum absolute atomic E-state index is 0.131. The van der Waals surface area contributed by atoms with Crippen LogP contribution < -0.4 is 14.9 Å². The molecule has 2 N–H and O–H groups in total. The molecule has 4 aromatic rings. The maximum atomic E-state index is 13.5. The Hall–Kier alpha value is -2.68. The number of sulfonamides is 1. The van der Waals surface area contributed by atoms with Crippen molar-refractivity contribution in [2.45, 2.75) is 43.0 Å². The van der Waals surface area contributed by atoms with E-state index in [2.05, 4.69) is 30.1 Å². The van der Waals surface area contributed by atoms with E-state index in [0.717, 1.165) is 68.0 Å². The van der Waals surface area contributed by atoms with Crippen LogP contribution in [0.25, 0.3) is 21.9 Å². The Morgan fingerprint density at radius 2 is 2.00 bits per heavy atom. The van der Waals surface area contributed by atoms with E-state index in [9.17, 15) is 17.2 Å². The Morgan fingerprint density at radius 1 is 1.19 bits per heavy atom. The molecule has 10 nitrogen and oxygen atoms in total. The highest BCUT2D eigenvalue weighted by Gasteiger charge is 2.44. The van der Waals surface area contributed by atoms with Crippen molar-refractivity contribution in [3.05, 3.63) is 29.5 Å². The van der Waals surface area contributed by atoms with Crippen molar-refractivity contribution >= 4 is 43.9 Å². The highest BCUT2D eigenvalue weighted by Crippen LogP contribution is 2.42. The summed E-state index contributed by atoms with van der Waals surface area (Å²) in [6.07, 6.45) is 3.26. The van der Waals surface area contributed by atoms with Gasteiger partial charge >= 0.3 is 0 Å². The molecule has 0 unspecified atom stereocenters. The second-order valence-electron chi connectivity index (χ2n) is 10.4. The van der Waals surface area contributed by atoms with E-state index in [-0.39, 0.29) is 15.4 Å². The van der Waals surface area contributed by atoms with Gasteiger partial charge in [-0.25, -0.2) is 26.9 Å². The average molecular weight is 535 g/mol. The fourth-order valence-corrected chi connectivity index (χ4v) is 7.53. The highest BCUT2D eigenvalue weighted by molar-refractivity contribution is 7.89. The molecule has 1 spiro atoms. The molecule has 3 aromatic heterocycles. The van der Waals surface area contributed by atoms with E-state index < -0.39 is 27.0 Å². The third kappa shape index (κ3) is 3.38. The first-order valence-corrected chi connectivity index (χ1v) is 14.1. The maximum Gasteiger partial charge on any atom is 0.291 e. The van der Waals surface area contributed by atoms with Gasteiger partial charge in [-0.05, 0) is 38.3 Å². The molecule has 7 rings (SSSR count). The first kappa shape index (κ1) is 22.5. The second-order valence-corrected chi connectivity index (χ2v) is 13.1. The van der Waals surface area contributed by atoms with Gasteiger partial charge < -0.3 is 10.2 Å². The number of halogens is 2. The normalized spacial score (nSPS) is 20.7. The largest absolute Gasteiger partial charge is 0.369 e. The lowest BCUT2D eigenvalue weighted by molar-refractivity contribution is 0.150. The Morgan fingerprint density at radius 3 is 2.64 bits per heavy atom. The molecule has 2 saturated heterocycles. The number of nitrogens with zero attached hydrogens (tertiary/aromatic N) is 6. The first-order valence-electron chi connectivity index (χ1n) is 11.8. The number of anilines is 1. The van der Waals surface area contributed by atoms with E-state index in [4.69, 9.17) is 0 Å². The summed E-state index contributed by atoms with van der Waals surface area (Å²) < 4.78 is 60.0. The van der Waals surface area contributed by atoms with Crippen LogP contribution in [0.5, 0.6) is 0 Å². The molecule has 0 radical (unpaired) electrons. The van der Waals surface area contributed by atoms with Crippen molar-refractivity contribution in [3.8, 4) is 5.13 Å². The molecule has 0 bridgehead atoms. The van der Waals surface area contributed by atoms with Gasteiger partial charge in [0.2, 0.25) is 20.9 Å². The summed E-state index contributed by atoms with van der Waals surface area (Å²) in [6, 6.07) is 3.32. The van der Waals surface area contributed by atoms with Crippen LogP contribution >= 0.6 is 11.3 Å². The lowest BCUT2D eigenvalue weighted by atomic mass is 9.81. The number of hydrogen-bond acceptors (Lipinski definition) is 8. The smallest absolute Gasteiger partial charge is 0.291 e. The Bertz CT molecular complexity index is 1620. The minimum atomic E-state index is -3.83. The SMILES string of the molecule is CC1(NS(=O)(=O)c2cc(N3CCC4(CNC4)C3)c3c(c2)n(-c2nnc(C(F)F)s2)c2nccn32)CC1. The number of nitrogens with one attached hydrogen (secondary N) is 2. The van der Waals surface area contributed by atoms with Gasteiger partial charge in [0.25, 0.3) is 6.43 Å². The van der Waals surface area contributed by atoms with Gasteiger partial charge in [-0.1, -0.05) is 11.3 Å². The summed E-state index contributed by atoms with van der Waals surface area (Å²) in [7, 11) is -3.83. The Balaban J connectivity index is 1.47. The zero-order valence-electron chi connectivity index (χ0n) is 19.4. The number of imidazole rings is 2. The molecule has 2 aliphatic heterocycles. The fourth-order valence-electron chi connectivity index (χ4n) is 5.31. The summed E-state index contributed by atoms with van der Waals surface area (Å²) in [5.41, 5.74) is 1.81. The van der Waals surface area contributed by atoms with E-state index in [1.807, 2.05) is 11.3 Å². The molecule has 1 aromatic carbocycles. The molecule has 0 amide bonds. The molecule has 3 aliphatic rings. The zero-order chi connectivity index (χ0) is 24.9. The van der Waals surface area contributed by atoms with Crippen molar-refractivity contribution in [2.24, 2.45) is 5.41 Å². The van der Waals surface area contributed by atoms with Gasteiger partial charge in [-0.3, -0.25) is 8.97 Å². The molecule has 3 fully saturated rings. The topological polar surface area (TPSA) is 109 Å². The average Bonchev–Trinajstić information content (AvgIpc) is 3.33. The Labute approximate surface area is 209 Å². The van der Waals surface area contributed by atoms with Crippen LogP contribution in [-0.4, -0.2) is 64.3 Å². The predicted molar refractivity (Wildman–Crippen MR) is 131 cm³/mol. The lowest BCUT2D eigenvalue weighted by Gasteiger charge is -2.39. The van der Waals surface area contributed by atoms with Gasteiger partial charge in [-0.15, -0.1) is 10.2 Å². The van der Waals surface area contributed by atoms with Crippen LogP contribution in [0.3, 0.4) is 0 Å². The molecular weight excluding hydrogens is 510 g/mol. The van der Waals surface area contributed by atoms with E-state index >= 15 is 0 Å². The van der Waals surface area contributed by atoms with Crippen LogP contribution in [0.1, 0.15) is 37.6 Å². The maximum absolute atomic E-state index is 13.5. The number of rotatable bonds is 6. The van der Waals surface area contributed by atoms with Crippen LogP contribution in [0.2, 0.25) is 0 Å². The molecule has 1 saturated carbocycles. The van der Waals surface area contributed by atoms with E-state index in [0.29, 0.717) is 11.3 Å². The molecule has 36 heavy (non-hydrogen) atoms. The van der Waals surface area contributed by atoms with Crippen molar-refractivity contribution in [1.82, 2.24) is 34.2 Å². The molecule has 190 valence electrons. The van der Waals surface area contributed by atoms with Gasteiger partial charge in [0.1, 0.15) is 0 Å². The third-order valence-corrected chi connectivity index (χ3v) is 10.2. The standard InChI is InChI=1S/C22H24F2N8O2S2/c1-21(2-3-21)29-36(33,34)13-8-14(30-6-4-22(12-30)10-25-11-22)16-15(9-13)32(19-26-5-7-31(16)19)20-28-27-18(35-20)17(23)24/h5,7-9,17,25,29H,2-4,6,10-12H2,1H3. The Kier molecular flexibility index (Phi) is 4.65. The van der Waals surface area contributed by atoms with Crippen molar-refractivity contribution in [1.29, 1.82) is 0 Å². The molecule has 14 heteroatoms. The monoisotopic (exact) mass is 534 g/mol. The van der Waals surface area contributed by atoms with Crippen molar-refractivity contribution in [2.75, 3.05) is 31.1 Å². The van der Waals surface area contributed by atoms with Gasteiger partial charge in [0.15, 0.2) is 5.01 Å². The third-order valence-electron chi connectivity index (χ3n) is 7.62. The lowest BCUT2D eigenvalue weighted by Crippen LogP contribution is -2.54.